The fraction of sp³-hybridized carbons (Fsp3) is 0.429. The molecule has 0 heterocycles. The van der Waals surface area contributed by atoms with Gasteiger partial charge in [0.2, 0.25) is 0 Å². The summed E-state index contributed by atoms with van der Waals surface area (Å²) in [7, 11) is 0. The molecular weight excluding hydrogens is 228 g/mol. The zero-order chi connectivity index (χ0) is 13.0. The summed E-state index contributed by atoms with van der Waals surface area (Å²) in [5.74, 6) is 0.677. The molecule has 0 aromatic heterocycles. The Labute approximate surface area is 107 Å². The Balaban J connectivity index is 1.84. The first-order valence-electron chi connectivity index (χ1n) is 6.04. The van der Waals surface area contributed by atoms with Crippen LogP contribution in [0.4, 0.5) is 0 Å². The Kier molecular flexibility index (Phi) is 3.52. The smallest absolute Gasteiger partial charge is 0.259 e. The van der Waals surface area contributed by atoms with Crippen LogP contribution >= 0.6 is 0 Å². The molecule has 0 radical (unpaired) electrons. The first kappa shape index (κ1) is 12.4. The Bertz CT molecular complexity index is 462. The van der Waals surface area contributed by atoms with Crippen molar-refractivity contribution in [1.29, 1.82) is 5.26 Å². The van der Waals surface area contributed by atoms with E-state index in [1.54, 1.807) is 19.1 Å². The van der Waals surface area contributed by atoms with Crippen molar-refractivity contribution in [3.8, 4) is 11.8 Å². The van der Waals surface area contributed by atoms with Gasteiger partial charge in [-0.15, -0.1) is 0 Å². The standard InChI is InChI=1S/C14H16N2O2/c1-14(10-15,11-7-8-11)16-13(17)9-18-12-5-3-2-4-6-12/h2-6,11H,7-9H2,1H3,(H,16,17)/t14-/m0/s1. The normalized spacial score (nSPS) is 17.3. The molecule has 0 saturated heterocycles. The maximum Gasteiger partial charge on any atom is 0.259 e. The van der Waals surface area contributed by atoms with Gasteiger partial charge in [-0.3, -0.25) is 4.79 Å². The van der Waals surface area contributed by atoms with Crippen molar-refractivity contribution in [2.24, 2.45) is 5.92 Å². The fourth-order valence-corrected chi connectivity index (χ4v) is 1.87. The highest BCUT2D eigenvalue weighted by atomic mass is 16.5. The number of hydrogen-bond acceptors (Lipinski definition) is 3. The Hall–Kier alpha value is -2.02. The van der Waals surface area contributed by atoms with Crippen molar-refractivity contribution in [1.82, 2.24) is 5.32 Å². The van der Waals surface area contributed by atoms with Gasteiger partial charge in [0.05, 0.1) is 6.07 Å². The second-order valence-corrected chi connectivity index (χ2v) is 4.74. The first-order chi connectivity index (χ1) is 8.64. The lowest BCUT2D eigenvalue weighted by Gasteiger charge is -2.22. The minimum atomic E-state index is -0.753. The molecule has 18 heavy (non-hydrogen) atoms. The van der Waals surface area contributed by atoms with Gasteiger partial charge in [-0.25, -0.2) is 0 Å². The van der Waals surface area contributed by atoms with Gasteiger partial charge in [-0.1, -0.05) is 18.2 Å². The lowest BCUT2D eigenvalue weighted by Crippen LogP contribution is -2.48. The molecule has 1 saturated carbocycles. The zero-order valence-electron chi connectivity index (χ0n) is 10.3. The number of nitrogens with one attached hydrogen (secondary N) is 1. The summed E-state index contributed by atoms with van der Waals surface area (Å²) in [6.45, 7) is 1.71. The van der Waals surface area contributed by atoms with E-state index in [-0.39, 0.29) is 18.4 Å². The van der Waals surface area contributed by atoms with Gasteiger partial charge < -0.3 is 10.1 Å². The second kappa shape index (κ2) is 5.09. The molecule has 1 N–H and O–H groups in total. The number of carbonyl (C=O) groups excluding carboxylic acids is 1. The SMILES string of the molecule is C[C@@](C#N)(NC(=O)COc1ccccc1)C1CC1. The summed E-state index contributed by atoms with van der Waals surface area (Å²) in [5.41, 5.74) is -0.753. The average molecular weight is 244 g/mol. The summed E-state index contributed by atoms with van der Waals surface area (Å²) < 4.78 is 5.34. The molecule has 0 unspecified atom stereocenters. The van der Waals surface area contributed by atoms with Crippen LogP contribution in [0.2, 0.25) is 0 Å². The van der Waals surface area contributed by atoms with Crippen LogP contribution in [0.25, 0.3) is 0 Å². The molecule has 1 aromatic rings. The molecule has 0 spiro atoms. The maximum absolute atomic E-state index is 11.7. The van der Waals surface area contributed by atoms with Gasteiger partial charge in [0.25, 0.3) is 5.91 Å². The summed E-state index contributed by atoms with van der Waals surface area (Å²) in [5, 5.41) is 11.9. The first-order valence-corrected chi connectivity index (χ1v) is 6.04. The van der Waals surface area contributed by atoms with Crippen molar-refractivity contribution in [3.05, 3.63) is 30.3 Å². The molecule has 2 rings (SSSR count). The van der Waals surface area contributed by atoms with E-state index in [0.29, 0.717) is 5.75 Å². The van der Waals surface area contributed by atoms with Gasteiger partial charge in [0.1, 0.15) is 11.3 Å². The molecule has 94 valence electrons. The third-order valence-electron chi connectivity index (χ3n) is 3.14. The quantitative estimate of drug-likeness (QED) is 0.860. The molecule has 1 amide bonds. The van der Waals surface area contributed by atoms with Crippen molar-refractivity contribution in [2.75, 3.05) is 6.61 Å². The number of para-hydroxylation sites is 1. The van der Waals surface area contributed by atoms with Gasteiger partial charge in [0, 0.05) is 0 Å². The van der Waals surface area contributed by atoms with E-state index in [0.717, 1.165) is 12.8 Å². The fourth-order valence-electron chi connectivity index (χ4n) is 1.87. The monoisotopic (exact) mass is 244 g/mol. The number of amides is 1. The van der Waals surface area contributed by atoms with E-state index in [4.69, 9.17) is 10.00 Å². The van der Waals surface area contributed by atoms with E-state index in [1.165, 1.54) is 0 Å². The summed E-state index contributed by atoms with van der Waals surface area (Å²) in [6, 6.07) is 11.3. The number of nitrogens with zero attached hydrogens (tertiary/aromatic N) is 1. The van der Waals surface area contributed by atoms with E-state index in [1.807, 2.05) is 18.2 Å². The third-order valence-corrected chi connectivity index (χ3v) is 3.14. The summed E-state index contributed by atoms with van der Waals surface area (Å²) >= 11 is 0. The highest BCUT2D eigenvalue weighted by molar-refractivity contribution is 5.79. The minimum Gasteiger partial charge on any atom is -0.484 e. The van der Waals surface area contributed by atoms with E-state index < -0.39 is 5.54 Å². The third kappa shape index (κ3) is 3.01. The number of carbonyl (C=O) groups is 1. The molecule has 1 fully saturated rings. The molecule has 4 heteroatoms. The van der Waals surface area contributed by atoms with E-state index >= 15 is 0 Å². The van der Waals surface area contributed by atoms with Crippen LogP contribution in [0.1, 0.15) is 19.8 Å². The number of nitriles is 1. The molecule has 1 aliphatic carbocycles. The van der Waals surface area contributed by atoms with E-state index in [2.05, 4.69) is 11.4 Å². The molecule has 4 nitrogen and oxygen atoms in total. The Morgan fingerprint density at radius 1 is 1.50 bits per heavy atom. The molecule has 1 aromatic carbocycles. The van der Waals surface area contributed by atoms with Crippen molar-refractivity contribution >= 4 is 5.91 Å². The van der Waals surface area contributed by atoms with Crippen LogP contribution < -0.4 is 10.1 Å². The molecule has 0 aliphatic heterocycles. The molecule has 1 atom stereocenters. The van der Waals surface area contributed by atoms with Gasteiger partial charge in [-0.05, 0) is 37.8 Å². The largest absolute Gasteiger partial charge is 0.484 e. The minimum absolute atomic E-state index is 0.0615. The van der Waals surface area contributed by atoms with E-state index in [9.17, 15) is 4.79 Å². The Morgan fingerprint density at radius 3 is 2.72 bits per heavy atom. The molecule has 0 bridgehead atoms. The number of benzene rings is 1. The van der Waals surface area contributed by atoms with Crippen molar-refractivity contribution in [2.45, 2.75) is 25.3 Å². The Morgan fingerprint density at radius 2 is 2.17 bits per heavy atom. The second-order valence-electron chi connectivity index (χ2n) is 4.74. The van der Waals surface area contributed by atoms with Crippen LogP contribution in [0.3, 0.4) is 0 Å². The number of ether oxygens (including phenoxy) is 1. The van der Waals surface area contributed by atoms with Crippen LogP contribution in [0.15, 0.2) is 30.3 Å². The van der Waals surface area contributed by atoms with Crippen LogP contribution in [-0.2, 0) is 4.79 Å². The van der Waals surface area contributed by atoms with Crippen LogP contribution in [0, 0.1) is 17.2 Å². The lowest BCUT2D eigenvalue weighted by molar-refractivity contribution is -0.124. The number of hydrogen-bond donors (Lipinski definition) is 1. The average Bonchev–Trinajstić information content (AvgIpc) is 3.22. The summed E-state index contributed by atoms with van der Waals surface area (Å²) in [4.78, 5) is 11.7. The van der Waals surface area contributed by atoms with Crippen LogP contribution in [0.5, 0.6) is 5.75 Å². The van der Waals surface area contributed by atoms with Crippen molar-refractivity contribution < 1.29 is 9.53 Å². The van der Waals surface area contributed by atoms with Crippen molar-refractivity contribution in [3.63, 3.8) is 0 Å². The maximum atomic E-state index is 11.7. The van der Waals surface area contributed by atoms with Crippen LogP contribution in [-0.4, -0.2) is 18.1 Å². The lowest BCUT2D eigenvalue weighted by atomic mass is 9.98. The van der Waals surface area contributed by atoms with Gasteiger partial charge in [-0.2, -0.15) is 5.26 Å². The highest BCUT2D eigenvalue weighted by Gasteiger charge is 2.43. The summed E-state index contributed by atoms with van der Waals surface area (Å²) in [6.07, 6.45) is 2.01. The molecule has 1 aliphatic rings. The molecular formula is C14H16N2O2. The number of rotatable bonds is 5. The zero-order valence-corrected chi connectivity index (χ0v) is 10.3. The highest BCUT2D eigenvalue weighted by Crippen LogP contribution is 2.39. The topological polar surface area (TPSA) is 62.1 Å². The van der Waals surface area contributed by atoms with Gasteiger partial charge in [0.15, 0.2) is 6.61 Å². The predicted octanol–water partition coefficient (Wildman–Crippen LogP) is 1.87. The van der Waals surface area contributed by atoms with Gasteiger partial charge >= 0.3 is 0 Å². The predicted molar refractivity (Wildman–Crippen MR) is 66.8 cm³/mol.